The van der Waals surface area contributed by atoms with Gasteiger partial charge in [-0.3, -0.25) is 10.1 Å². The van der Waals surface area contributed by atoms with Crippen LogP contribution in [-0.2, 0) is 0 Å². The number of allylic oxidation sites excluding steroid dienone is 1. The molecule has 2 rings (SSSR count). The molecule has 1 aromatic carbocycles. The minimum absolute atomic E-state index is 0.0941. The lowest BCUT2D eigenvalue weighted by Crippen LogP contribution is -2.02. The van der Waals surface area contributed by atoms with Crippen LogP contribution in [0.4, 0.5) is 17.1 Å². The Morgan fingerprint density at radius 2 is 2.39 bits per heavy atom. The molecule has 0 radical (unpaired) electrons. The number of H-pyrrole nitrogens is 1. The Kier molecular flexibility index (Phi) is 4.98. The second kappa shape index (κ2) is 7.32. The van der Waals surface area contributed by atoms with Crippen LogP contribution in [0.1, 0.15) is 5.82 Å². The zero-order chi connectivity index (χ0) is 16.7. The highest BCUT2D eigenvalue weighted by molar-refractivity contribution is 5.75. The number of nitro benzene ring substituents is 1. The van der Waals surface area contributed by atoms with Crippen molar-refractivity contribution >= 4 is 22.6 Å². The highest BCUT2D eigenvalue weighted by Crippen LogP contribution is 2.28. The molecule has 10 nitrogen and oxygen atoms in total. The first kappa shape index (κ1) is 15.6. The average Bonchev–Trinajstić information content (AvgIpc) is 3.08. The van der Waals surface area contributed by atoms with E-state index >= 15 is 0 Å². The van der Waals surface area contributed by atoms with Crippen LogP contribution in [0.2, 0.25) is 0 Å². The van der Waals surface area contributed by atoms with E-state index in [-0.39, 0.29) is 17.1 Å². The number of benzene rings is 1. The molecule has 2 aromatic rings. The van der Waals surface area contributed by atoms with Gasteiger partial charge >= 0.3 is 0 Å². The Labute approximate surface area is 130 Å². The third-order valence-corrected chi connectivity index (χ3v) is 2.72. The molecule has 3 N–H and O–H groups in total. The van der Waals surface area contributed by atoms with E-state index in [0.29, 0.717) is 17.9 Å². The van der Waals surface area contributed by atoms with Crippen LogP contribution in [0.25, 0.3) is 5.57 Å². The maximum Gasteiger partial charge on any atom is 0.294 e. The van der Waals surface area contributed by atoms with Crippen molar-refractivity contribution in [3.63, 3.8) is 0 Å². The van der Waals surface area contributed by atoms with Crippen molar-refractivity contribution in [1.82, 2.24) is 20.6 Å². The number of nitrogens with one attached hydrogen (secondary N) is 3. The summed E-state index contributed by atoms with van der Waals surface area (Å²) in [4.78, 5) is 10.6. The van der Waals surface area contributed by atoms with Crippen molar-refractivity contribution < 1.29 is 4.92 Å². The predicted molar refractivity (Wildman–Crippen MR) is 83.2 cm³/mol. The number of hydrogen-bond donors (Lipinski definition) is 3. The molecule has 0 saturated heterocycles. The van der Waals surface area contributed by atoms with Crippen molar-refractivity contribution in [1.29, 1.82) is 5.26 Å². The van der Waals surface area contributed by atoms with E-state index in [1.54, 1.807) is 18.2 Å². The normalized spacial score (nSPS) is 10.7. The van der Waals surface area contributed by atoms with Gasteiger partial charge in [-0.2, -0.15) is 10.5 Å². The molecule has 0 aliphatic carbocycles. The van der Waals surface area contributed by atoms with Gasteiger partial charge in [0.15, 0.2) is 0 Å². The molecule has 1 heterocycles. The Balaban J connectivity index is 2.23. The highest BCUT2D eigenvalue weighted by Gasteiger charge is 2.14. The quantitative estimate of drug-likeness (QED) is 0.303. The second-order valence-corrected chi connectivity index (χ2v) is 4.21. The molecule has 1 aromatic heterocycles. The average molecular weight is 312 g/mol. The number of rotatable bonds is 7. The maximum atomic E-state index is 11.1. The Morgan fingerprint density at radius 1 is 1.57 bits per heavy atom. The van der Waals surface area contributed by atoms with Crippen LogP contribution in [0.15, 0.2) is 37.1 Å². The monoisotopic (exact) mass is 312 g/mol. The summed E-state index contributed by atoms with van der Waals surface area (Å²) in [5, 5.41) is 38.8. The first-order valence-electron chi connectivity index (χ1n) is 6.39. The van der Waals surface area contributed by atoms with Crippen LogP contribution in [0, 0.1) is 21.4 Å². The fourth-order valence-electron chi connectivity index (χ4n) is 1.68. The Bertz CT molecular complexity index is 776. The first-order chi connectivity index (χ1) is 11.2. The summed E-state index contributed by atoms with van der Waals surface area (Å²) < 4.78 is 0. The fraction of sp³-hybridized carbons (Fsp3) is 0.0769. The summed E-state index contributed by atoms with van der Waals surface area (Å²) in [7, 11) is 0. The zero-order valence-corrected chi connectivity index (χ0v) is 11.9. The van der Waals surface area contributed by atoms with Crippen LogP contribution in [0.3, 0.4) is 0 Å². The summed E-state index contributed by atoms with van der Waals surface area (Å²) in [5.74, 6) is 0.124. The number of nitrogens with zero attached hydrogens (tertiary/aromatic N) is 5. The largest absolute Gasteiger partial charge is 0.376 e. The minimum atomic E-state index is -0.495. The first-order valence-corrected chi connectivity index (χ1v) is 6.39. The zero-order valence-electron chi connectivity index (χ0n) is 11.9. The lowest BCUT2D eigenvalue weighted by molar-refractivity contribution is -0.383. The van der Waals surface area contributed by atoms with Gasteiger partial charge in [-0.1, -0.05) is 6.08 Å². The van der Waals surface area contributed by atoms with Crippen molar-refractivity contribution in [3.05, 3.63) is 53.0 Å². The third-order valence-electron chi connectivity index (χ3n) is 2.72. The lowest BCUT2D eigenvalue weighted by atomic mass is 10.2. The summed E-state index contributed by atoms with van der Waals surface area (Å²) in [6, 6.07) is 6.47. The molecule has 0 bridgehead atoms. The van der Waals surface area contributed by atoms with E-state index < -0.39 is 4.92 Å². The van der Waals surface area contributed by atoms with Gasteiger partial charge in [0, 0.05) is 24.5 Å². The molecule has 0 amide bonds. The molecular weight excluding hydrogens is 300 g/mol. The highest BCUT2D eigenvalue weighted by atomic mass is 16.6. The van der Waals surface area contributed by atoms with Gasteiger partial charge < -0.3 is 10.6 Å². The van der Waals surface area contributed by atoms with E-state index in [1.165, 1.54) is 12.3 Å². The number of aromatic nitrogens is 4. The molecule has 0 saturated carbocycles. The number of tetrazole rings is 1. The van der Waals surface area contributed by atoms with Crippen molar-refractivity contribution in [2.45, 2.75) is 0 Å². The van der Waals surface area contributed by atoms with Gasteiger partial charge in [0.25, 0.3) is 5.69 Å². The maximum absolute atomic E-state index is 11.1. The molecule has 0 atom stereocenters. The van der Waals surface area contributed by atoms with Crippen LogP contribution >= 0.6 is 0 Å². The van der Waals surface area contributed by atoms with Gasteiger partial charge in [0.05, 0.1) is 4.92 Å². The van der Waals surface area contributed by atoms with Gasteiger partial charge in [0.1, 0.15) is 17.3 Å². The van der Waals surface area contributed by atoms with E-state index in [2.05, 4.69) is 37.8 Å². The Morgan fingerprint density at radius 3 is 3.00 bits per heavy atom. The van der Waals surface area contributed by atoms with Crippen LogP contribution < -0.4 is 10.6 Å². The molecule has 0 spiro atoms. The van der Waals surface area contributed by atoms with Crippen LogP contribution in [-0.4, -0.2) is 32.1 Å². The fourth-order valence-corrected chi connectivity index (χ4v) is 1.68. The third kappa shape index (κ3) is 3.88. The molecule has 116 valence electrons. The lowest BCUT2D eigenvalue weighted by Gasteiger charge is -2.07. The van der Waals surface area contributed by atoms with Crippen molar-refractivity contribution in [3.8, 4) is 6.07 Å². The van der Waals surface area contributed by atoms with Crippen molar-refractivity contribution in [2.24, 2.45) is 0 Å². The molecular formula is C13H12N8O2. The molecule has 0 fully saturated rings. The molecule has 0 unspecified atom stereocenters. The summed E-state index contributed by atoms with van der Waals surface area (Å²) >= 11 is 0. The number of nitro groups is 1. The van der Waals surface area contributed by atoms with E-state index in [1.807, 2.05) is 6.07 Å². The number of aromatic amines is 1. The van der Waals surface area contributed by atoms with E-state index in [0.717, 1.165) is 0 Å². The molecule has 0 aliphatic rings. The number of hydrogen-bond acceptors (Lipinski definition) is 8. The second-order valence-electron chi connectivity index (χ2n) is 4.21. The standard InChI is InChI=1S/C13H12N8O2/c1-2-5-15-11-4-3-10(6-12(11)21(22)23)16-8-9(7-14)13-17-19-20-18-13/h2-4,6,8,15-16H,1,5H2,(H,17,18,19,20). The van der Waals surface area contributed by atoms with Crippen LogP contribution in [0.5, 0.6) is 0 Å². The Hall–Kier alpha value is -3.74. The molecule has 23 heavy (non-hydrogen) atoms. The van der Waals surface area contributed by atoms with Crippen molar-refractivity contribution in [2.75, 3.05) is 17.2 Å². The van der Waals surface area contributed by atoms with Gasteiger partial charge in [-0.15, -0.1) is 16.8 Å². The summed E-state index contributed by atoms with van der Waals surface area (Å²) in [6.45, 7) is 3.95. The van der Waals surface area contributed by atoms with Gasteiger partial charge in [0.2, 0.25) is 5.82 Å². The SMILES string of the molecule is C=CCNc1ccc(NC=C(C#N)c2nn[nH]n2)cc1[N+](=O)[O-]. The minimum Gasteiger partial charge on any atom is -0.376 e. The molecule has 10 heteroatoms. The smallest absolute Gasteiger partial charge is 0.294 e. The number of nitriles is 1. The topological polar surface area (TPSA) is 145 Å². The summed E-state index contributed by atoms with van der Waals surface area (Å²) in [5.41, 5.74) is 0.860. The van der Waals surface area contributed by atoms with E-state index in [9.17, 15) is 10.1 Å². The van der Waals surface area contributed by atoms with Gasteiger partial charge in [-0.05, 0) is 17.3 Å². The van der Waals surface area contributed by atoms with E-state index in [4.69, 9.17) is 5.26 Å². The molecule has 0 aliphatic heterocycles. The number of anilines is 2. The van der Waals surface area contributed by atoms with Gasteiger partial charge in [-0.25, -0.2) is 0 Å². The predicted octanol–water partition coefficient (Wildman–Crippen LogP) is 1.68. The summed E-state index contributed by atoms with van der Waals surface area (Å²) in [6.07, 6.45) is 2.95.